The van der Waals surface area contributed by atoms with E-state index in [2.05, 4.69) is 378 Å². The average molecular weight is 1180 g/mol. The Morgan fingerprint density at radius 2 is 0.589 bits per heavy atom. The fraction of sp³-hybridized carbons (Fsp3) is 0. The van der Waals surface area contributed by atoms with E-state index in [1.807, 2.05) is 0 Å². The Morgan fingerprint density at radius 3 is 1.09 bits per heavy atom. The van der Waals surface area contributed by atoms with Gasteiger partial charge >= 0.3 is 0 Å². The third-order valence-electron chi connectivity index (χ3n) is 19.2. The van der Waals surface area contributed by atoms with Crippen LogP contribution in [0.25, 0.3) is 38.6 Å². The number of benzene rings is 14. The molecular weight excluding hydrogens is 1120 g/mol. The van der Waals surface area contributed by atoms with Crippen LogP contribution in [0.1, 0.15) is 0 Å². The highest BCUT2D eigenvalue weighted by molar-refractivity contribution is 7.20. The van der Waals surface area contributed by atoms with Crippen molar-refractivity contribution in [1.29, 1.82) is 0 Å². The predicted molar refractivity (Wildman–Crippen MR) is 387 cm³/mol. The van der Waals surface area contributed by atoms with Crippen molar-refractivity contribution in [3.8, 4) is 16.8 Å². The molecule has 3 nitrogen and oxygen atoms in total. The van der Waals surface area contributed by atoms with Crippen molar-refractivity contribution in [2.45, 2.75) is 0 Å². The van der Waals surface area contributed by atoms with Crippen LogP contribution in [0.2, 0.25) is 0 Å². The van der Waals surface area contributed by atoms with Crippen molar-refractivity contribution >= 4 is 137 Å². The Labute approximate surface area is 528 Å². The van der Waals surface area contributed by atoms with Crippen LogP contribution >= 0.6 is 0 Å². The van der Waals surface area contributed by atoms with E-state index in [1.54, 1.807) is 0 Å². The minimum absolute atomic E-state index is 0.103. The molecule has 1 aromatic heterocycles. The number of fused-ring (bicyclic) bond motifs is 7. The van der Waals surface area contributed by atoms with Crippen molar-refractivity contribution in [2.24, 2.45) is 0 Å². The lowest BCUT2D eigenvalue weighted by molar-refractivity contribution is 1.16. The summed E-state index contributed by atoms with van der Waals surface area (Å²) in [5.41, 5.74) is 16.4. The molecule has 14 aromatic carbocycles. The summed E-state index contributed by atoms with van der Waals surface area (Å²) >= 11 is 0. The Kier molecular flexibility index (Phi) is 13.0. The zero-order valence-electron chi connectivity index (χ0n) is 49.6. The van der Waals surface area contributed by atoms with E-state index >= 15 is 0 Å². The molecule has 0 N–H and O–H groups in total. The monoisotopic (exact) mass is 1180 g/mol. The fourth-order valence-corrected chi connectivity index (χ4v) is 25.1. The van der Waals surface area contributed by atoms with Gasteiger partial charge in [-0.15, -0.1) is 0 Å². The summed E-state index contributed by atoms with van der Waals surface area (Å²) in [5.74, 6) is 0. The molecule has 3 heterocycles. The first-order valence-corrected chi connectivity index (χ1v) is 35.3. The molecule has 90 heavy (non-hydrogen) atoms. The lowest BCUT2D eigenvalue weighted by Crippen LogP contribution is -2.74. The Hall–Kier alpha value is -11.0. The number of nitrogens with zero attached hydrogens (tertiary/aromatic N) is 3. The predicted octanol–water partition coefficient (Wildman–Crippen LogP) is 13.3. The van der Waals surface area contributed by atoms with Crippen molar-refractivity contribution in [1.82, 2.24) is 4.57 Å². The summed E-state index contributed by atoms with van der Waals surface area (Å²) in [6.07, 6.45) is 0. The van der Waals surface area contributed by atoms with E-state index < -0.39 is 16.1 Å². The summed E-state index contributed by atoms with van der Waals surface area (Å²) in [5, 5.41) is 13.2. The summed E-state index contributed by atoms with van der Waals surface area (Å²) in [4.78, 5) is 5.18. The highest BCUT2D eigenvalue weighted by Crippen LogP contribution is 2.47. The molecule has 0 saturated carbocycles. The van der Waals surface area contributed by atoms with E-state index in [0.29, 0.717) is 0 Å². The Bertz CT molecular complexity index is 4900. The average Bonchev–Trinajstić information content (AvgIpc) is 0.783. The summed E-state index contributed by atoms with van der Waals surface area (Å²) in [7, 11) is -5.91. The molecule has 17 rings (SSSR count). The second-order valence-electron chi connectivity index (χ2n) is 23.9. The Morgan fingerprint density at radius 1 is 0.222 bits per heavy atom. The van der Waals surface area contributed by atoms with Crippen LogP contribution in [0.15, 0.2) is 364 Å². The molecule has 0 unspecified atom stereocenters. The largest absolute Gasteiger partial charge is 0.311 e. The third-order valence-corrected chi connectivity index (χ3v) is 28.8. The molecular formula is C84H60BN3Si2. The van der Waals surface area contributed by atoms with E-state index in [0.717, 1.165) is 39.7 Å². The zero-order chi connectivity index (χ0) is 59.6. The fourth-order valence-electron chi connectivity index (χ4n) is 15.5. The van der Waals surface area contributed by atoms with Gasteiger partial charge < -0.3 is 14.4 Å². The first-order chi connectivity index (χ1) is 44.7. The smallest absolute Gasteiger partial charge is 0.252 e. The topological polar surface area (TPSA) is 11.4 Å². The van der Waals surface area contributed by atoms with E-state index in [-0.39, 0.29) is 6.71 Å². The maximum absolute atomic E-state index is 3.02. The van der Waals surface area contributed by atoms with E-state index in [4.69, 9.17) is 0 Å². The van der Waals surface area contributed by atoms with Crippen molar-refractivity contribution in [2.75, 3.05) is 9.80 Å². The van der Waals surface area contributed by atoms with Gasteiger partial charge in [0.1, 0.15) is 0 Å². The first kappa shape index (κ1) is 53.2. The molecule has 0 bridgehead atoms. The summed E-state index contributed by atoms with van der Waals surface area (Å²) in [6, 6.07) is 137. The van der Waals surface area contributed by atoms with Gasteiger partial charge in [-0.25, -0.2) is 0 Å². The van der Waals surface area contributed by atoms with Gasteiger partial charge in [-0.05, 0) is 130 Å². The second-order valence-corrected chi connectivity index (χ2v) is 31.5. The van der Waals surface area contributed by atoms with Crippen molar-refractivity contribution in [3.05, 3.63) is 364 Å². The number of para-hydroxylation sites is 4. The number of hydrogen-bond acceptors (Lipinski definition) is 2. The van der Waals surface area contributed by atoms with Crippen LogP contribution in [-0.2, 0) is 0 Å². The first-order valence-electron chi connectivity index (χ1n) is 31.3. The highest BCUT2D eigenvalue weighted by atomic mass is 28.3. The quantitative estimate of drug-likeness (QED) is 0.0892. The van der Waals surface area contributed by atoms with E-state index in [9.17, 15) is 0 Å². The summed E-state index contributed by atoms with van der Waals surface area (Å²) in [6.45, 7) is -0.103. The normalized spacial score (nSPS) is 12.6. The zero-order valence-corrected chi connectivity index (χ0v) is 51.6. The molecule has 0 aliphatic carbocycles. The summed E-state index contributed by atoms with van der Waals surface area (Å²) < 4.78 is 2.51. The molecule has 2 aliphatic heterocycles. The molecule has 6 heteroatoms. The van der Waals surface area contributed by atoms with Gasteiger partial charge in [-0.3, -0.25) is 0 Å². The standard InChI is InChI=1S/C84H60BN3Si2/c1-8-31-63(32-9-1)86-80-53-27-24-50-76(80)85-77-55-54-62(61-30-28-46-72(56-61)89(66-34-10-2-11-35-66,67-36-12-3-13-37-67)68-38-14-4-15-39-68)57-81(77)87(83-60-65(59-82(86)84(83)85)88-78-51-25-22-48-74(78)75-49-23-26-52-79(75)88)64-33-29-47-73(58-64)90(69-40-16-5-17-41-69,70-42-18-6-19-43-70)71-44-20-7-21-45-71/h1-60H. The number of aromatic nitrogens is 1. The molecule has 0 amide bonds. The number of rotatable bonds is 12. The van der Waals surface area contributed by atoms with Gasteiger partial charge in [-0.1, -0.05) is 303 Å². The van der Waals surface area contributed by atoms with Gasteiger partial charge in [0.2, 0.25) is 0 Å². The van der Waals surface area contributed by atoms with E-state index in [1.165, 1.54) is 90.9 Å². The lowest BCUT2D eigenvalue weighted by atomic mass is 9.33. The number of anilines is 6. The maximum atomic E-state index is 2.65. The molecule has 0 radical (unpaired) electrons. The highest BCUT2D eigenvalue weighted by Gasteiger charge is 2.46. The van der Waals surface area contributed by atoms with Crippen LogP contribution in [0.5, 0.6) is 0 Å². The van der Waals surface area contributed by atoms with Crippen LogP contribution in [-0.4, -0.2) is 27.4 Å². The van der Waals surface area contributed by atoms with Gasteiger partial charge in [0, 0.05) is 44.9 Å². The molecule has 0 fully saturated rings. The van der Waals surface area contributed by atoms with Crippen molar-refractivity contribution < 1.29 is 0 Å². The Balaban J connectivity index is 0.973. The molecule has 422 valence electrons. The van der Waals surface area contributed by atoms with Gasteiger partial charge in [-0.2, -0.15) is 0 Å². The van der Waals surface area contributed by atoms with Gasteiger partial charge in [0.05, 0.1) is 16.7 Å². The second kappa shape index (κ2) is 22.0. The van der Waals surface area contributed by atoms with Gasteiger partial charge in [0.15, 0.2) is 16.1 Å². The molecule has 0 saturated heterocycles. The molecule has 0 spiro atoms. The van der Waals surface area contributed by atoms with Crippen LogP contribution in [0.3, 0.4) is 0 Å². The third kappa shape index (κ3) is 8.33. The van der Waals surface area contributed by atoms with Crippen LogP contribution in [0, 0.1) is 0 Å². The minimum atomic E-state index is -3.02. The number of hydrogen-bond donors (Lipinski definition) is 0. The SMILES string of the molecule is c1ccc(N2c3ccccc3B3c4ccc(-c5cccc([Si](c6ccccc6)(c6ccccc6)c6ccccc6)c5)cc4N(c4cccc([Si](c5ccccc5)(c5ccccc5)c5ccccc5)c4)c4cc(-n5c6ccccc6c6ccccc65)cc2c43)cc1. The van der Waals surface area contributed by atoms with Gasteiger partial charge in [0.25, 0.3) is 6.71 Å². The van der Waals surface area contributed by atoms with Crippen LogP contribution < -0.4 is 67.7 Å². The minimum Gasteiger partial charge on any atom is -0.311 e. The van der Waals surface area contributed by atoms with Crippen LogP contribution in [0.4, 0.5) is 34.1 Å². The molecule has 15 aromatic rings. The molecule has 0 atom stereocenters. The maximum Gasteiger partial charge on any atom is 0.252 e. The van der Waals surface area contributed by atoms with Crippen molar-refractivity contribution in [3.63, 3.8) is 0 Å². The molecule has 2 aliphatic rings. The lowest BCUT2D eigenvalue weighted by Gasteiger charge is -2.45.